The molecule has 1 aliphatic carbocycles. The molecule has 1 aliphatic rings. The number of aromatic nitrogens is 1. The van der Waals surface area contributed by atoms with Crippen LogP contribution in [-0.4, -0.2) is 30.6 Å². The van der Waals surface area contributed by atoms with E-state index in [9.17, 15) is 14.9 Å². The highest BCUT2D eigenvalue weighted by Crippen LogP contribution is 2.39. The average molecular weight is 398 g/mol. The van der Waals surface area contributed by atoms with Gasteiger partial charge in [0.15, 0.2) is 0 Å². The molecule has 0 spiro atoms. The van der Waals surface area contributed by atoms with Crippen molar-refractivity contribution in [3.8, 4) is 6.07 Å². The van der Waals surface area contributed by atoms with Gasteiger partial charge < -0.3 is 15.4 Å². The van der Waals surface area contributed by atoms with Gasteiger partial charge in [0.2, 0.25) is 5.91 Å². The van der Waals surface area contributed by atoms with Gasteiger partial charge in [-0.2, -0.15) is 5.26 Å². The van der Waals surface area contributed by atoms with Crippen molar-refractivity contribution in [2.75, 3.05) is 19.0 Å². The van der Waals surface area contributed by atoms with Crippen LogP contribution in [0.15, 0.2) is 24.5 Å². The van der Waals surface area contributed by atoms with Gasteiger partial charge in [0.25, 0.3) is 0 Å². The highest BCUT2D eigenvalue weighted by atomic mass is 32.1. The lowest BCUT2D eigenvalue weighted by molar-refractivity contribution is -0.116. The van der Waals surface area contributed by atoms with Gasteiger partial charge in [0.1, 0.15) is 11.1 Å². The molecule has 0 saturated heterocycles. The van der Waals surface area contributed by atoms with Crippen molar-refractivity contribution in [1.29, 1.82) is 5.26 Å². The molecule has 2 aromatic heterocycles. The monoisotopic (exact) mass is 398 g/mol. The lowest BCUT2D eigenvalue weighted by atomic mass is 9.88. The molecule has 1 atom stereocenters. The third-order valence-corrected chi connectivity index (χ3v) is 5.92. The number of nitrogens with one attached hydrogen (secondary N) is 2. The van der Waals surface area contributed by atoms with Gasteiger partial charge in [0.05, 0.1) is 12.2 Å². The standard InChI is InChI=1S/C20H22N4O3S/c1-22-20(26)27-12-14-4-6-15-16(10-21)19(28-17(15)9-14)24-18(25)7-5-13-3-2-8-23-11-13/h2-3,8,11,14H,4-7,9,12H2,1H3,(H,22,26)(H,24,25). The Morgan fingerprint density at radius 1 is 1.46 bits per heavy atom. The second-order valence-corrected chi connectivity index (χ2v) is 7.79. The number of hydrogen-bond donors (Lipinski definition) is 2. The van der Waals surface area contributed by atoms with Crippen molar-refractivity contribution in [3.63, 3.8) is 0 Å². The molecule has 0 radical (unpaired) electrons. The van der Waals surface area contributed by atoms with Gasteiger partial charge in [-0.3, -0.25) is 9.78 Å². The largest absolute Gasteiger partial charge is 0.449 e. The maximum atomic E-state index is 12.3. The summed E-state index contributed by atoms with van der Waals surface area (Å²) in [5.41, 5.74) is 2.59. The number of aryl methyl sites for hydroxylation is 1. The summed E-state index contributed by atoms with van der Waals surface area (Å²) < 4.78 is 5.16. The fourth-order valence-electron chi connectivity index (χ4n) is 3.26. The summed E-state index contributed by atoms with van der Waals surface area (Å²) in [6, 6.07) is 6.03. The van der Waals surface area contributed by atoms with Crippen molar-refractivity contribution < 1.29 is 14.3 Å². The van der Waals surface area contributed by atoms with Crippen LogP contribution in [0, 0.1) is 17.2 Å². The minimum absolute atomic E-state index is 0.113. The summed E-state index contributed by atoms with van der Waals surface area (Å²) in [5, 5.41) is 15.5. The molecular formula is C20H22N4O3S. The number of nitrogens with zero attached hydrogens (tertiary/aromatic N) is 2. The molecule has 0 aliphatic heterocycles. The number of fused-ring (bicyclic) bond motifs is 1. The predicted octanol–water partition coefficient (Wildman–Crippen LogP) is 3.05. The van der Waals surface area contributed by atoms with Crippen LogP contribution in [-0.2, 0) is 28.8 Å². The number of ether oxygens (including phenoxy) is 1. The van der Waals surface area contributed by atoms with Gasteiger partial charge >= 0.3 is 6.09 Å². The number of nitriles is 1. The van der Waals surface area contributed by atoms with E-state index in [1.165, 1.54) is 18.4 Å². The number of carbonyl (C=O) groups is 2. The van der Waals surface area contributed by atoms with Gasteiger partial charge in [-0.15, -0.1) is 11.3 Å². The first-order valence-corrected chi connectivity index (χ1v) is 10.00. The second-order valence-electron chi connectivity index (χ2n) is 6.69. The molecule has 146 valence electrons. The highest BCUT2D eigenvalue weighted by Gasteiger charge is 2.27. The topological polar surface area (TPSA) is 104 Å². The van der Waals surface area contributed by atoms with Crippen molar-refractivity contribution in [1.82, 2.24) is 10.3 Å². The van der Waals surface area contributed by atoms with E-state index in [0.717, 1.165) is 35.3 Å². The normalized spacial score (nSPS) is 15.2. The molecule has 2 amide bonds. The van der Waals surface area contributed by atoms with E-state index < -0.39 is 6.09 Å². The highest BCUT2D eigenvalue weighted by molar-refractivity contribution is 7.16. The van der Waals surface area contributed by atoms with E-state index in [-0.39, 0.29) is 11.8 Å². The van der Waals surface area contributed by atoms with Gasteiger partial charge in [0, 0.05) is 30.7 Å². The fraction of sp³-hybridized carbons (Fsp3) is 0.400. The van der Waals surface area contributed by atoms with Crippen molar-refractivity contribution in [2.45, 2.75) is 32.1 Å². The molecule has 2 heterocycles. The van der Waals surface area contributed by atoms with E-state index in [1.807, 2.05) is 12.1 Å². The maximum Gasteiger partial charge on any atom is 0.406 e. The number of amides is 2. The van der Waals surface area contributed by atoms with Crippen LogP contribution in [0.2, 0.25) is 0 Å². The molecule has 7 nitrogen and oxygen atoms in total. The number of hydrogen-bond acceptors (Lipinski definition) is 6. The van der Waals surface area contributed by atoms with Gasteiger partial charge in [-0.1, -0.05) is 6.07 Å². The van der Waals surface area contributed by atoms with Crippen LogP contribution >= 0.6 is 11.3 Å². The maximum absolute atomic E-state index is 12.3. The summed E-state index contributed by atoms with van der Waals surface area (Å²) >= 11 is 1.46. The lowest BCUT2D eigenvalue weighted by Gasteiger charge is -2.21. The van der Waals surface area contributed by atoms with Crippen LogP contribution < -0.4 is 10.6 Å². The zero-order valence-electron chi connectivity index (χ0n) is 15.7. The van der Waals surface area contributed by atoms with Gasteiger partial charge in [-0.05, 0) is 48.8 Å². The Morgan fingerprint density at radius 2 is 2.32 bits per heavy atom. The van der Waals surface area contributed by atoms with E-state index in [1.54, 1.807) is 12.4 Å². The zero-order chi connectivity index (χ0) is 19.9. The van der Waals surface area contributed by atoms with E-state index >= 15 is 0 Å². The van der Waals surface area contributed by atoms with E-state index in [4.69, 9.17) is 4.74 Å². The average Bonchev–Trinajstić information content (AvgIpc) is 3.07. The van der Waals surface area contributed by atoms with Crippen molar-refractivity contribution in [3.05, 3.63) is 46.1 Å². The van der Waals surface area contributed by atoms with Crippen LogP contribution in [0.3, 0.4) is 0 Å². The van der Waals surface area contributed by atoms with Crippen LogP contribution in [0.4, 0.5) is 9.80 Å². The first-order chi connectivity index (χ1) is 13.6. The summed E-state index contributed by atoms with van der Waals surface area (Å²) in [4.78, 5) is 28.7. The molecule has 0 bridgehead atoms. The molecule has 8 heteroatoms. The molecule has 0 aromatic carbocycles. The molecule has 3 rings (SSSR count). The van der Waals surface area contributed by atoms with Gasteiger partial charge in [-0.25, -0.2) is 4.79 Å². The third kappa shape index (κ3) is 4.87. The summed E-state index contributed by atoms with van der Waals surface area (Å²) in [5.74, 6) is 0.113. The SMILES string of the molecule is CNC(=O)OCC1CCc2c(sc(NC(=O)CCc3cccnc3)c2C#N)C1. The summed E-state index contributed by atoms with van der Waals surface area (Å²) in [7, 11) is 1.53. The zero-order valence-corrected chi connectivity index (χ0v) is 16.5. The Bertz CT molecular complexity index is 889. The Balaban J connectivity index is 1.62. The quantitative estimate of drug-likeness (QED) is 0.778. The molecule has 2 aromatic rings. The first-order valence-electron chi connectivity index (χ1n) is 9.18. The fourth-order valence-corrected chi connectivity index (χ4v) is 4.59. The number of pyridine rings is 1. The molecule has 0 saturated carbocycles. The Kier molecular flexibility index (Phi) is 6.61. The predicted molar refractivity (Wildman–Crippen MR) is 106 cm³/mol. The number of carbonyl (C=O) groups excluding carboxylic acids is 2. The smallest absolute Gasteiger partial charge is 0.406 e. The van der Waals surface area contributed by atoms with Crippen molar-refractivity contribution in [2.24, 2.45) is 5.92 Å². The molecular weight excluding hydrogens is 376 g/mol. The van der Waals surface area contributed by atoms with Crippen LogP contribution in [0.25, 0.3) is 0 Å². The van der Waals surface area contributed by atoms with E-state index in [0.29, 0.717) is 30.0 Å². The number of rotatable bonds is 6. The summed E-state index contributed by atoms with van der Waals surface area (Å²) in [6.45, 7) is 0.353. The molecule has 1 unspecified atom stereocenters. The molecule has 2 N–H and O–H groups in total. The third-order valence-electron chi connectivity index (χ3n) is 4.75. The Labute approximate surface area is 167 Å². The van der Waals surface area contributed by atoms with Crippen LogP contribution in [0.1, 0.15) is 34.4 Å². The number of alkyl carbamates (subject to hydrolysis) is 1. The Hall–Kier alpha value is -2.92. The lowest BCUT2D eigenvalue weighted by Crippen LogP contribution is -2.25. The van der Waals surface area contributed by atoms with Crippen molar-refractivity contribution >= 4 is 28.3 Å². The molecule has 0 fully saturated rings. The second kappa shape index (κ2) is 9.33. The molecule has 28 heavy (non-hydrogen) atoms. The minimum atomic E-state index is -0.434. The number of thiophene rings is 1. The summed E-state index contributed by atoms with van der Waals surface area (Å²) in [6.07, 6.45) is 6.30. The van der Waals surface area contributed by atoms with Crippen LogP contribution in [0.5, 0.6) is 0 Å². The minimum Gasteiger partial charge on any atom is -0.449 e. The first kappa shape index (κ1) is 19.8. The number of anilines is 1. The van der Waals surface area contributed by atoms with E-state index in [2.05, 4.69) is 21.7 Å². The Morgan fingerprint density at radius 3 is 3.04 bits per heavy atom.